The summed E-state index contributed by atoms with van der Waals surface area (Å²) in [4.78, 5) is 12.3. The Morgan fingerprint density at radius 3 is 2.12 bits per heavy atom. The van der Waals surface area contributed by atoms with Crippen molar-refractivity contribution in [2.75, 3.05) is 6.54 Å². The number of ketones is 1. The molecule has 2 nitrogen and oxygen atoms in total. The van der Waals surface area contributed by atoms with E-state index >= 15 is 0 Å². The summed E-state index contributed by atoms with van der Waals surface area (Å²) < 4.78 is 0. The molecule has 0 amide bonds. The van der Waals surface area contributed by atoms with Crippen LogP contribution in [0.5, 0.6) is 0 Å². The van der Waals surface area contributed by atoms with E-state index in [1.807, 2.05) is 26.0 Å². The quantitative estimate of drug-likeness (QED) is 0.794. The van der Waals surface area contributed by atoms with Gasteiger partial charge in [-0.15, -0.1) is 0 Å². The summed E-state index contributed by atoms with van der Waals surface area (Å²) in [6.45, 7) is 8.71. The minimum atomic E-state index is -0.0452. The molecule has 17 heavy (non-hydrogen) atoms. The fourth-order valence-electron chi connectivity index (χ4n) is 2.23. The lowest BCUT2D eigenvalue weighted by Crippen LogP contribution is -2.25. The summed E-state index contributed by atoms with van der Waals surface area (Å²) in [6.07, 6.45) is 0.863. The van der Waals surface area contributed by atoms with E-state index in [2.05, 4.69) is 19.9 Å². The Bertz CT molecular complexity index is 376. The minimum absolute atomic E-state index is 0.0452. The van der Waals surface area contributed by atoms with Gasteiger partial charge in [0.05, 0.1) is 0 Å². The predicted octanol–water partition coefficient (Wildman–Crippen LogP) is 3.11. The van der Waals surface area contributed by atoms with Gasteiger partial charge in [0.1, 0.15) is 0 Å². The highest BCUT2D eigenvalue weighted by molar-refractivity contribution is 5.98. The third-order valence-electron chi connectivity index (χ3n) is 2.92. The van der Waals surface area contributed by atoms with Crippen molar-refractivity contribution in [3.8, 4) is 0 Å². The Morgan fingerprint density at radius 2 is 1.71 bits per heavy atom. The zero-order chi connectivity index (χ0) is 13.0. The van der Waals surface area contributed by atoms with Gasteiger partial charge < -0.3 is 5.73 Å². The molecule has 94 valence electrons. The van der Waals surface area contributed by atoms with Crippen LogP contribution in [0.3, 0.4) is 0 Å². The number of carbonyl (C=O) groups is 1. The number of rotatable bonds is 5. The van der Waals surface area contributed by atoms with E-state index in [9.17, 15) is 4.79 Å². The van der Waals surface area contributed by atoms with Gasteiger partial charge in [-0.3, -0.25) is 4.79 Å². The van der Waals surface area contributed by atoms with Crippen LogP contribution in [0.2, 0.25) is 0 Å². The van der Waals surface area contributed by atoms with Gasteiger partial charge in [-0.25, -0.2) is 0 Å². The van der Waals surface area contributed by atoms with Crippen molar-refractivity contribution < 1.29 is 4.79 Å². The van der Waals surface area contributed by atoms with E-state index in [0.717, 1.165) is 23.1 Å². The summed E-state index contributed by atoms with van der Waals surface area (Å²) in [5.41, 5.74) is 8.78. The van der Waals surface area contributed by atoms with Crippen molar-refractivity contribution in [3.05, 3.63) is 34.9 Å². The molecular weight excluding hydrogens is 210 g/mol. The molecule has 1 atom stereocenters. The zero-order valence-corrected chi connectivity index (χ0v) is 11.3. The molecule has 1 unspecified atom stereocenters. The summed E-state index contributed by atoms with van der Waals surface area (Å²) in [5, 5.41) is 0. The molecule has 0 saturated carbocycles. The standard InChI is InChI=1S/C15H23NO/c1-10(2)5-14(9-16)15(17)13-7-11(3)6-12(4)8-13/h6-8,10,14H,5,9,16H2,1-4H3. The van der Waals surface area contributed by atoms with Crippen LogP contribution in [0, 0.1) is 25.7 Å². The molecule has 1 aromatic carbocycles. The first-order chi connectivity index (χ1) is 7.93. The van der Waals surface area contributed by atoms with E-state index < -0.39 is 0 Å². The number of benzene rings is 1. The Labute approximate surface area is 104 Å². The molecule has 0 saturated heterocycles. The Kier molecular flexibility index (Phi) is 4.88. The van der Waals surface area contributed by atoms with Gasteiger partial charge >= 0.3 is 0 Å². The van der Waals surface area contributed by atoms with E-state index in [4.69, 9.17) is 5.73 Å². The highest BCUT2D eigenvalue weighted by atomic mass is 16.1. The molecule has 2 N–H and O–H groups in total. The molecule has 1 aromatic rings. The van der Waals surface area contributed by atoms with Crippen LogP contribution in [-0.4, -0.2) is 12.3 Å². The highest BCUT2D eigenvalue weighted by Crippen LogP contribution is 2.18. The molecule has 0 aliphatic heterocycles. The van der Waals surface area contributed by atoms with Crippen LogP contribution in [-0.2, 0) is 0 Å². The van der Waals surface area contributed by atoms with Crippen LogP contribution in [0.1, 0.15) is 41.8 Å². The third kappa shape index (κ3) is 3.97. The first kappa shape index (κ1) is 13.9. The largest absolute Gasteiger partial charge is 0.330 e. The van der Waals surface area contributed by atoms with E-state index in [1.54, 1.807) is 0 Å². The SMILES string of the molecule is Cc1cc(C)cc(C(=O)C(CN)CC(C)C)c1. The maximum absolute atomic E-state index is 12.3. The van der Waals surface area contributed by atoms with Crippen molar-refractivity contribution in [2.24, 2.45) is 17.6 Å². The summed E-state index contributed by atoms with van der Waals surface area (Å²) in [7, 11) is 0. The van der Waals surface area contributed by atoms with Gasteiger partial charge in [0.25, 0.3) is 0 Å². The molecule has 0 heterocycles. The minimum Gasteiger partial charge on any atom is -0.330 e. The van der Waals surface area contributed by atoms with Gasteiger partial charge in [0, 0.05) is 18.0 Å². The second kappa shape index (κ2) is 5.97. The molecule has 2 heteroatoms. The molecule has 0 fully saturated rings. The summed E-state index contributed by atoms with van der Waals surface area (Å²) >= 11 is 0. The molecule has 1 rings (SSSR count). The van der Waals surface area contributed by atoms with E-state index in [1.165, 1.54) is 0 Å². The molecular formula is C15H23NO. The molecule has 0 aliphatic carbocycles. The van der Waals surface area contributed by atoms with Gasteiger partial charge in [0.2, 0.25) is 0 Å². The number of nitrogens with two attached hydrogens (primary N) is 1. The average molecular weight is 233 g/mol. The maximum atomic E-state index is 12.3. The fourth-order valence-corrected chi connectivity index (χ4v) is 2.23. The van der Waals surface area contributed by atoms with Crippen LogP contribution in [0.4, 0.5) is 0 Å². The second-order valence-electron chi connectivity index (χ2n) is 5.30. The lowest BCUT2D eigenvalue weighted by atomic mass is 9.89. The number of hydrogen-bond donors (Lipinski definition) is 1. The fraction of sp³-hybridized carbons (Fsp3) is 0.533. The summed E-state index contributed by atoms with van der Waals surface area (Å²) in [6, 6.07) is 5.99. The number of hydrogen-bond acceptors (Lipinski definition) is 2. The molecule has 0 radical (unpaired) electrons. The highest BCUT2D eigenvalue weighted by Gasteiger charge is 2.20. The Morgan fingerprint density at radius 1 is 1.18 bits per heavy atom. The van der Waals surface area contributed by atoms with Gasteiger partial charge in [-0.2, -0.15) is 0 Å². The lowest BCUT2D eigenvalue weighted by molar-refractivity contribution is 0.0908. The molecule has 0 aromatic heterocycles. The van der Waals surface area contributed by atoms with Crippen LogP contribution < -0.4 is 5.73 Å². The topological polar surface area (TPSA) is 43.1 Å². The number of aryl methyl sites for hydroxylation is 2. The van der Waals surface area contributed by atoms with Gasteiger partial charge in [0.15, 0.2) is 5.78 Å². The van der Waals surface area contributed by atoms with Crippen molar-refractivity contribution in [1.29, 1.82) is 0 Å². The van der Waals surface area contributed by atoms with Crippen LogP contribution >= 0.6 is 0 Å². The first-order valence-electron chi connectivity index (χ1n) is 6.26. The predicted molar refractivity (Wildman–Crippen MR) is 72.2 cm³/mol. The molecule has 0 aliphatic rings. The van der Waals surface area contributed by atoms with E-state index in [-0.39, 0.29) is 11.7 Å². The van der Waals surface area contributed by atoms with Crippen molar-refractivity contribution in [1.82, 2.24) is 0 Å². The lowest BCUT2D eigenvalue weighted by Gasteiger charge is -2.16. The zero-order valence-electron chi connectivity index (χ0n) is 11.3. The normalized spacial score (nSPS) is 12.8. The van der Waals surface area contributed by atoms with Crippen molar-refractivity contribution in [3.63, 3.8) is 0 Å². The van der Waals surface area contributed by atoms with Gasteiger partial charge in [-0.1, -0.05) is 31.0 Å². The molecule has 0 bridgehead atoms. The maximum Gasteiger partial charge on any atom is 0.167 e. The van der Waals surface area contributed by atoms with Crippen LogP contribution in [0.15, 0.2) is 18.2 Å². The third-order valence-corrected chi connectivity index (χ3v) is 2.92. The number of carbonyl (C=O) groups excluding carboxylic acids is 1. The van der Waals surface area contributed by atoms with E-state index in [0.29, 0.717) is 12.5 Å². The van der Waals surface area contributed by atoms with Gasteiger partial charge in [-0.05, 0) is 38.3 Å². The first-order valence-corrected chi connectivity index (χ1v) is 6.26. The van der Waals surface area contributed by atoms with Crippen molar-refractivity contribution in [2.45, 2.75) is 34.1 Å². The monoisotopic (exact) mass is 233 g/mol. The molecule has 0 spiro atoms. The Hall–Kier alpha value is -1.15. The van der Waals surface area contributed by atoms with Crippen LogP contribution in [0.25, 0.3) is 0 Å². The number of Topliss-reactive ketones (excluding diaryl/α,β-unsaturated/α-hetero) is 1. The average Bonchev–Trinajstić information content (AvgIpc) is 2.23. The second-order valence-corrected chi connectivity index (χ2v) is 5.30. The summed E-state index contributed by atoms with van der Waals surface area (Å²) in [5.74, 6) is 0.641. The van der Waals surface area contributed by atoms with Crippen molar-refractivity contribution >= 4 is 5.78 Å². The smallest absolute Gasteiger partial charge is 0.167 e. The Balaban J connectivity index is 2.93.